The molecule has 0 aliphatic rings. The summed E-state index contributed by atoms with van der Waals surface area (Å²) in [6.07, 6.45) is 5.27. The number of rotatable bonds is 3. The lowest BCUT2D eigenvalue weighted by Crippen LogP contribution is -2.35. The van der Waals surface area contributed by atoms with Crippen LogP contribution in [0, 0.1) is 19.3 Å². The van der Waals surface area contributed by atoms with Gasteiger partial charge >= 0.3 is 0 Å². The van der Waals surface area contributed by atoms with E-state index < -0.39 is 6.04 Å². The van der Waals surface area contributed by atoms with Gasteiger partial charge in [-0.1, -0.05) is 0 Å². The van der Waals surface area contributed by atoms with E-state index in [1.165, 1.54) is 11.3 Å². The molecule has 3 N–H and O–H groups in total. The number of thiazole rings is 1. The van der Waals surface area contributed by atoms with Crippen molar-refractivity contribution in [3.63, 3.8) is 0 Å². The maximum Gasteiger partial charge on any atom is 0.244 e. The molecule has 1 rings (SSSR count). The fourth-order valence-corrected chi connectivity index (χ4v) is 1.52. The smallest absolute Gasteiger partial charge is 0.244 e. The molecule has 0 fully saturated rings. The van der Waals surface area contributed by atoms with E-state index in [2.05, 4.69) is 16.2 Å². The van der Waals surface area contributed by atoms with Crippen LogP contribution in [0.3, 0.4) is 0 Å². The molecule has 0 bridgehead atoms. The number of hydrogen-bond donors (Lipinski definition) is 2. The highest BCUT2D eigenvalue weighted by Crippen LogP contribution is 2.14. The van der Waals surface area contributed by atoms with Gasteiger partial charge in [0.2, 0.25) is 5.91 Å². The SMILES string of the molecule is C#CCC(N)C(=O)Nc1nc(C)cs1. The molecule has 1 aromatic rings. The maximum atomic E-state index is 11.3. The zero-order valence-electron chi connectivity index (χ0n) is 7.78. The Labute approximate surface area is 86.5 Å². The lowest BCUT2D eigenvalue weighted by molar-refractivity contribution is -0.117. The van der Waals surface area contributed by atoms with Crippen LogP contribution < -0.4 is 11.1 Å². The largest absolute Gasteiger partial charge is 0.319 e. The topological polar surface area (TPSA) is 68.0 Å². The van der Waals surface area contributed by atoms with E-state index in [1.54, 1.807) is 0 Å². The van der Waals surface area contributed by atoms with Gasteiger partial charge < -0.3 is 11.1 Å². The zero-order chi connectivity index (χ0) is 10.6. The fourth-order valence-electron chi connectivity index (χ4n) is 0.829. The van der Waals surface area contributed by atoms with Crippen molar-refractivity contribution in [1.29, 1.82) is 0 Å². The number of carbonyl (C=O) groups excluding carboxylic acids is 1. The molecule has 1 unspecified atom stereocenters. The molecule has 0 saturated heterocycles. The van der Waals surface area contributed by atoms with Crippen LogP contribution >= 0.6 is 11.3 Å². The van der Waals surface area contributed by atoms with Gasteiger partial charge in [-0.15, -0.1) is 23.7 Å². The quantitative estimate of drug-likeness (QED) is 0.721. The van der Waals surface area contributed by atoms with Gasteiger partial charge in [0.1, 0.15) is 0 Å². The standard InChI is InChI=1S/C9H11N3OS/c1-3-4-7(10)8(13)12-9-11-6(2)5-14-9/h1,5,7H,4,10H2,2H3,(H,11,12,13). The average molecular weight is 209 g/mol. The molecule has 0 radical (unpaired) electrons. The number of amides is 1. The number of nitrogens with zero attached hydrogens (tertiary/aromatic N) is 1. The summed E-state index contributed by atoms with van der Waals surface area (Å²) in [5, 5.41) is 5.00. The van der Waals surface area contributed by atoms with Crippen LogP contribution in [0.15, 0.2) is 5.38 Å². The molecule has 0 saturated carbocycles. The van der Waals surface area contributed by atoms with Gasteiger partial charge in [0.05, 0.1) is 11.7 Å². The third-order valence-electron chi connectivity index (χ3n) is 1.52. The molecule has 1 atom stereocenters. The summed E-state index contributed by atoms with van der Waals surface area (Å²) in [7, 11) is 0. The molecule has 0 spiro atoms. The van der Waals surface area contributed by atoms with Crippen LogP contribution in [-0.2, 0) is 4.79 Å². The number of aryl methyl sites for hydroxylation is 1. The summed E-state index contributed by atoms with van der Waals surface area (Å²) in [5.41, 5.74) is 6.38. The molecule has 1 aromatic heterocycles. The molecule has 1 amide bonds. The van der Waals surface area contributed by atoms with Crippen molar-refractivity contribution in [3.05, 3.63) is 11.1 Å². The Kier molecular flexibility index (Phi) is 3.63. The molecule has 5 heteroatoms. The second kappa shape index (κ2) is 4.74. The van der Waals surface area contributed by atoms with Crippen molar-refractivity contribution in [1.82, 2.24) is 4.98 Å². The Morgan fingerprint density at radius 3 is 3.14 bits per heavy atom. The third kappa shape index (κ3) is 2.83. The Morgan fingerprint density at radius 1 is 1.93 bits per heavy atom. The number of anilines is 1. The van der Waals surface area contributed by atoms with Crippen LogP contribution in [0.25, 0.3) is 0 Å². The molecule has 4 nitrogen and oxygen atoms in total. The normalized spacial score (nSPS) is 11.8. The molecule has 14 heavy (non-hydrogen) atoms. The molecule has 74 valence electrons. The summed E-state index contributed by atoms with van der Waals surface area (Å²) in [5.74, 6) is 2.04. The Morgan fingerprint density at radius 2 is 2.64 bits per heavy atom. The van der Waals surface area contributed by atoms with Crippen LogP contribution in [-0.4, -0.2) is 16.9 Å². The van der Waals surface area contributed by atoms with Gasteiger partial charge in [-0.3, -0.25) is 4.79 Å². The monoisotopic (exact) mass is 209 g/mol. The Balaban J connectivity index is 2.53. The van der Waals surface area contributed by atoms with Crippen molar-refractivity contribution in [3.8, 4) is 12.3 Å². The number of nitrogens with two attached hydrogens (primary N) is 1. The second-order valence-corrected chi connectivity index (χ2v) is 3.66. The van der Waals surface area contributed by atoms with Gasteiger partial charge in [-0.2, -0.15) is 0 Å². The molecule has 0 aliphatic heterocycles. The minimum Gasteiger partial charge on any atom is -0.319 e. The van der Waals surface area contributed by atoms with Crippen molar-refractivity contribution >= 4 is 22.4 Å². The summed E-state index contributed by atoms with van der Waals surface area (Å²) in [6, 6.07) is -0.663. The fraction of sp³-hybridized carbons (Fsp3) is 0.333. The van der Waals surface area contributed by atoms with E-state index in [0.29, 0.717) is 5.13 Å². The maximum absolute atomic E-state index is 11.3. The summed E-state index contributed by atoms with van der Waals surface area (Å²) >= 11 is 1.36. The zero-order valence-corrected chi connectivity index (χ0v) is 8.60. The predicted molar refractivity (Wildman–Crippen MR) is 56.9 cm³/mol. The van der Waals surface area contributed by atoms with Gasteiger partial charge in [0.25, 0.3) is 0 Å². The van der Waals surface area contributed by atoms with E-state index in [1.807, 2.05) is 12.3 Å². The number of carbonyl (C=O) groups is 1. The van der Waals surface area contributed by atoms with Crippen LogP contribution in [0.4, 0.5) is 5.13 Å². The van der Waals surface area contributed by atoms with E-state index >= 15 is 0 Å². The minimum atomic E-state index is -0.663. The van der Waals surface area contributed by atoms with Crippen LogP contribution in [0.2, 0.25) is 0 Å². The molecule has 0 aliphatic carbocycles. The lowest BCUT2D eigenvalue weighted by atomic mass is 10.2. The van der Waals surface area contributed by atoms with E-state index in [4.69, 9.17) is 12.2 Å². The summed E-state index contributed by atoms with van der Waals surface area (Å²) < 4.78 is 0. The molecular weight excluding hydrogens is 198 g/mol. The van der Waals surface area contributed by atoms with Gasteiger partial charge in [0, 0.05) is 11.8 Å². The van der Waals surface area contributed by atoms with Gasteiger partial charge in [-0.25, -0.2) is 4.98 Å². The highest BCUT2D eigenvalue weighted by atomic mass is 32.1. The van der Waals surface area contributed by atoms with E-state index in [0.717, 1.165) is 5.69 Å². The number of aromatic nitrogens is 1. The lowest BCUT2D eigenvalue weighted by Gasteiger charge is -2.06. The molecule has 0 aromatic carbocycles. The van der Waals surface area contributed by atoms with E-state index in [9.17, 15) is 4.79 Å². The van der Waals surface area contributed by atoms with Crippen LogP contribution in [0.5, 0.6) is 0 Å². The summed E-state index contributed by atoms with van der Waals surface area (Å²) in [6.45, 7) is 1.85. The number of terminal acetylenes is 1. The van der Waals surface area contributed by atoms with Gasteiger partial charge in [-0.05, 0) is 6.92 Å². The van der Waals surface area contributed by atoms with Crippen molar-refractivity contribution < 1.29 is 4.79 Å². The first-order chi connectivity index (χ1) is 6.63. The first kappa shape index (κ1) is 10.7. The number of nitrogens with one attached hydrogen (secondary N) is 1. The first-order valence-corrected chi connectivity index (χ1v) is 4.93. The van der Waals surface area contributed by atoms with Crippen molar-refractivity contribution in [2.24, 2.45) is 5.73 Å². The third-order valence-corrected chi connectivity index (χ3v) is 2.40. The van der Waals surface area contributed by atoms with Crippen molar-refractivity contribution in [2.75, 3.05) is 5.32 Å². The molecular formula is C9H11N3OS. The van der Waals surface area contributed by atoms with Gasteiger partial charge in [0.15, 0.2) is 5.13 Å². The summed E-state index contributed by atoms with van der Waals surface area (Å²) in [4.78, 5) is 15.4. The predicted octanol–water partition coefficient (Wildman–Crippen LogP) is 0.741. The second-order valence-electron chi connectivity index (χ2n) is 2.80. The van der Waals surface area contributed by atoms with Crippen molar-refractivity contribution in [2.45, 2.75) is 19.4 Å². The Bertz CT molecular complexity index is 366. The van der Waals surface area contributed by atoms with E-state index in [-0.39, 0.29) is 12.3 Å². The average Bonchev–Trinajstić information content (AvgIpc) is 2.51. The minimum absolute atomic E-state index is 0.232. The van der Waals surface area contributed by atoms with Crippen LogP contribution in [0.1, 0.15) is 12.1 Å². The highest BCUT2D eigenvalue weighted by molar-refractivity contribution is 7.13. The first-order valence-electron chi connectivity index (χ1n) is 4.05. The number of hydrogen-bond acceptors (Lipinski definition) is 4. The highest BCUT2D eigenvalue weighted by Gasteiger charge is 2.13. The molecule has 1 heterocycles. The Hall–Kier alpha value is -1.38.